The number of rotatable bonds is 7. The van der Waals surface area contributed by atoms with Gasteiger partial charge in [0.15, 0.2) is 0 Å². The van der Waals surface area contributed by atoms with E-state index in [4.69, 9.17) is 0 Å². The molecule has 1 heteroatoms. The zero-order chi connectivity index (χ0) is 10.2. The van der Waals surface area contributed by atoms with Crippen LogP contribution in [0.2, 0.25) is 0 Å². The fraction of sp³-hybridized carbons (Fsp3) is 0.846. The number of hydrogen-bond donors (Lipinski definition) is 1. The molecule has 0 aliphatic heterocycles. The fourth-order valence-electron chi connectivity index (χ4n) is 2.51. The van der Waals surface area contributed by atoms with E-state index in [1.807, 2.05) is 6.08 Å². The van der Waals surface area contributed by atoms with Gasteiger partial charge < -0.3 is 5.32 Å². The molecule has 82 valence electrons. The molecular formula is C13H25N. The van der Waals surface area contributed by atoms with Gasteiger partial charge in [0.1, 0.15) is 0 Å². The quantitative estimate of drug-likeness (QED) is 0.484. The third-order valence-corrected chi connectivity index (χ3v) is 3.30. The first-order valence-electron chi connectivity index (χ1n) is 6.22. The molecule has 1 nitrogen and oxygen atoms in total. The molecule has 1 N–H and O–H groups in total. The average Bonchev–Trinajstić information content (AvgIpc) is 2.63. The van der Waals surface area contributed by atoms with Gasteiger partial charge in [0.05, 0.1) is 0 Å². The van der Waals surface area contributed by atoms with Crippen molar-refractivity contribution >= 4 is 0 Å². The lowest BCUT2D eigenvalue weighted by molar-refractivity contribution is 0.373. The van der Waals surface area contributed by atoms with Gasteiger partial charge in [-0.3, -0.25) is 0 Å². The molecule has 1 saturated carbocycles. The Bertz CT molecular complexity index is 153. The summed E-state index contributed by atoms with van der Waals surface area (Å²) in [6.07, 6.45) is 11.5. The topological polar surface area (TPSA) is 12.0 Å². The van der Waals surface area contributed by atoms with Crippen LogP contribution in [0.1, 0.15) is 51.9 Å². The van der Waals surface area contributed by atoms with Crippen molar-refractivity contribution in [2.24, 2.45) is 5.92 Å². The van der Waals surface area contributed by atoms with Crippen molar-refractivity contribution in [3.63, 3.8) is 0 Å². The molecule has 1 fully saturated rings. The summed E-state index contributed by atoms with van der Waals surface area (Å²) in [5.74, 6) is 0.946. The Labute approximate surface area is 89.0 Å². The summed E-state index contributed by atoms with van der Waals surface area (Å²) in [5.41, 5.74) is 0. The molecule has 0 amide bonds. The Hall–Kier alpha value is -0.300. The molecule has 0 bridgehead atoms. The van der Waals surface area contributed by atoms with Crippen LogP contribution in [-0.4, -0.2) is 12.6 Å². The molecular weight excluding hydrogens is 170 g/mol. The van der Waals surface area contributed by atoms with Crippen LogP contribution in [0.15, 0.2) is 12.7 Å². The molecule has 1 rings (SSSR count). The van der Waals surface area contributed by atoms with Crippen molar-refractivity contribution in [1.29, 1.82) is 0 Å². The maximum atomic E-state index is 3.78. The van der Waals surface area contributed by atoms with Crippen LogP contribution in [0, 0.1) is 5.92 Å². The van der Waals surface area contributed by atoms with Gasteiger partial charge in [0.2, 0.25) is 0 Å². The summed E-state index contributed by atoms with van der Waals surface area (Å²) in [6, 6.07) is 0.819. The molecule has 0 aromatic heterocycles. The van der Waals surface area contributed by atoms with Crippen molar-refractivity contribution in [2.75, 3.05) is 6.54 Å². The maximum Gasteiger partial charge on any atom is 0.00953 e. The molecule has 0 heterocycles. The van der Waals surface area contributed by atoms with E-state index in [1.165, 1.54) is 51.5 Å². The minimum Gasteiger partial charge on any atom is -0.314 e. The number of hydrogen-bond acceptors (Lipinski definition) is 1. The molecule has 0 aromatic rings. The molecule has 2 atom stereocenters. The van der Waals surface area contributed by atoms with Crippen molar-refractivity contribution in [2.45, 2.75) is 57.9 Å². The van der Waals surface area contributed by atoms with Crippen LogP contribution in [0.3, 0.4) is 0 Å². The summed E-state index contributed by atoms with van der Waals surface area (Å²) in [4.78, 5) is 0. The first-order chi connectivity index (χ1) is 6.88. The molecule has 1 aliphatic rings. The van der Waals surface area contributed by atoms with Gasteiger partial charge in [0.25, 0.3) is 0 Å². The van der Waals surface area contributed by atoms with Gasteiger partial charge in [-0.2, -0.15) is 0 Å². The van der Waals surface area contributed by atoms with E-state index in [-0.39, 0.29) is 0 Å². The monoisotopic (exact) mass is 195 g/mol. The molecule has 1 aliphatic carbocycles. The second kappa shape index (κ2) is 7.05. The van der Waals surface area contributed by atoms with E-state index in [2.05, 4.69) is 18.8 Å². The third-order valence-electron chi connectivity index (χ3n) is 3.30. The van der Waals surface area contributed by atoms with E-state index in [0.717, 1.165) is 12.0 Å². The molecule has 0 spiro atoms. The standard InChI is InChI=1S/C13H25N/c1-3-5-6-8-12-9-7-10-13(12)14-11-4-2/h3,12-14H,1,4-11H2,2H3. The molecule has 2 unspecified atom stereocenters. The Kier molecular flexibility index (Phi) is 5.93. The second-order valence-corrected chi connectivity index (χ2v) is 4.47. The minimum atomic E-state index is 0.819. The maximum absolute atomic E-state index is 3.78. The van der Waals surface area contributed by atoms with Crippen LogP contribution in [0.5, 0.6) is 0 Å². The van der Waals surface area contributed by atoms with E-state index in [0.29, 0.717) is 0 Å². The lowest BCUT2D eigenvalue weighted by atomic mass is 9.96. The van der Waals surface area contributed by atoms with Gasteiger partial charge in [-0.25, -0.2) is 0 Å². The lowest BCUT2D eigenvalue weighted by Crippen LogP contribution is -2.32. The summed E-state index contributed by atoms with van der Waals surface area (Å²) in [5, 5.41) is 3.68. The van der Waals surface area contributed by atoms with E-state index >= 15 is 0 Å². The van der Waals surface area contributed by atoms with Crippen molar-refractivity contribution in [1.82, 2.24) is 5.32 Å². The highest BCUT2D eigenvalue weighted by Gasteiger charge is 2.25. The predicted molar refractivity (Wildman–Crippen MR) is 63.5 cm³/mol. The van der Waals surface area contributed by atoms with Crippen molar-refractivity contribution < 1.29 is 0 Å². The minimum absolute atomic E-state index is 0.819. The Morgan fingerprint density at radius 2 is 2.29 bits per heavy atom. The Morgan fingerprint density at radius 1 is 1.43 bits per heavy atom. The molecule has 14 heavy (non-hydrogen) atoms. The third kappa shape index (κ3) is 3.83. The lowest BCUT2D eigenvalue weighted by Gasteiger charge is -2.20. The number of nitrogens with one attached hydrogen (secondary N) is 1. The predicted octanol–water partition coefficient (Wildman–Crippen LogP) is 3.51. The van der Waals surface area contributed by atoms with Gasteiger partial charge in [-0.05, 0) is 51.0 Å². The first-order valence-corrected chi connectivity index (χ1v) is 6.22. The SMILES string of the molecule is C=CCCCC1CCCC1NCCC. The van der Waals surface area contributed by atoms with Crippen molar-refractivity contribution in [3.05, 3.63) is 12.7 Å². The highest BCUT2D eigenvalue weighted by atomic mass is 14.9. The van der Waals surface area contributed by atoms with E-state index in [9.17, 15) is 0 Å². The number of unbranched alkanes of at least 4 members (excludes halogenated alkanes) is 1. The zero-order valence-electron chi connectivity index (χ0n) is 9.60. The Balaban J connectivity index is 2.17. The van der Waals surface area contributed by atoms with Crippen LogP contribution in [0.4, 0.5) is 0 Å². The highest BCUT2D eigenvalue weighted by molar-refractivity contribution is 4.83. The zero-order valence-corrected chi connectivity index (χ0v) is 9.60. The van der Waals surface area contributed by atoms with Gasteiger partial charge >= 0.3 is 0 Å². The normalized spacial score (nSPS) is 26.6. The summed E-state index contributed by atoms with van der Waals surface area (Å²) >= 11 is 0. The molecule has 0 radical (unpaired) electrons. The van der Waals surface area contributed by atoms with Crippen LogP contribution in [-0.2, 0) is 0 Å². The molecule has 0 aromatic carbocycles. The summed E-state index contributed by atoms with van der Waals surface area (Å²) in [6.45, 7) is 7.22. The van der Waals surface area contributed by atoms with Gasteiger partial charge in [-0.1, -0.05) is 19.4 Å². The first kappa shape index (κ1) is 11.8. The van der Waals surface area contributed by atoms with Crippen molar-refractivity contribution in [3.8, 4) is 0 Å². The summed E-state index contributed by atoms with van der Waals surface area (Å²) < 4.78 is 0. The average molecular weight is 195 g/mol. The number of allylic oxidation sites excluding steroid dienone is 1. The Morgan fingerprint density at radius 3 is 3.00 bits per heavy atom. The van der Waals surface area contributed by atoms with E-state index < -0.39 is 0 Å². The molecule has 0 saturated heterocycles. The summed E-state index contributed by atoms with van der Waals surface area (Å²) in [7, 11) is 0. The van der Waals surface area contributed by atoms with Crippen LogP contribution in [0.25, 0.3) is 0 Å². The smallest absolute Gasteiger partial charge is 0.00953 e. The highest BCUT2D eigenvalue weighted by Crippen LogP contribution is 2.29. The fourth-order valence-corrected chi connectivity index (χ4v) is 2.51. The van der Waals surface area contributed by atoms with Crippen LogP contribution < -0.4 is 5.32 Å². The van der Waals surface area contributed by atoms with E-state index in [1.54, 1.807) is 0 Å². The second-order valence-electron chi connectivity index (χ2n) is 4.47. The largest absolute Gasteiger partial charge is 0.314 e. The van der Waals surface area contributed by atoms with Gasteiger partial charge in [-0.15, -0.1) is 6.58 Å². The van der Waals surface area contributed by atoms with Gasteiger partial charge in [0, 0.05) is 6.04 Å². The van der Waals surface area contributed by atoms with Crippen LogP contribution >= 0.6 is 0 Å².